The number of amides is 1. The van der Waals surface area contributed by atoms with Gasteiger partial charge in [-0.1, -0.05) is 6.42 Å². The summed E-state index contributed by atoms with van der Waals surface area (Å²) in [5.74, 6) is 1.05. The van der Waals surface area contributed by atoms with Gasteiger partial charge in [-0.15, -0.1) is 0 Å². The van der Waals surface area contributed by atoms with E-state index in [0.29, 0.717) is 28.7 Å². The number of piperidine rings is 1. The Morgan fingerprint density at radius 2 is 1.94 bits per heavy atom. The van der Waals surface area contributed by atoms with Crippen LogP contribution in [-0.2, 0) is 10.0 Å². The van der Waals surface area contributed by atoms with Crippen LogP contribution in [0.4, 0.5) is 23.0 Å². The number of pyridine rings is 1. The highest BCUT2D eigenvalue weighted by atomic mass is 32.2. The maximum atomic E-state index is 13.4. The molecule has 2 aliphatic heterocycles. The minimum Gasteiger partial charge on any atom is -0.395 e. The summed E-state index contributed by atoms with van der Waals surface area (Å²) in [6.07, 6.45) is 5.42. The van der Waals surface area contributed by atoms with Crippen LogP contribution >= 0.6 is 0 Å². The standard InChI is InChI=1S/C24H33N5O4S/c1-17-13-22-25-9-3-2-5-18-6-4-10-29(16-18)21-15-19(28-34(32,33)12-11-30)7-8-20(21)24(31)27-23(14-17)26-22/h7-8,13-15,18,28,30H,2-6,9-12,16H2,1H3,(H2,25,26,27,31)/t18-/m0/s1. The average molecular weight is 488 g/mol. The lowest BCUT2D eigenvalue weighted by Gasteiger charge is -2.35. The van der Waals surface area contributed by atoms with Gasteiger partial charge in [0.2, 0.25) is 10.0 Å². The van der Waals surface area contributed by atoms with E-state index in [9.17, 15) is 13.2 Å². The molecule has 2 aliphatic rings. The van der Waals surface area contributed by atoms with Crippen LogP contribution < -0.4 is 20.3 Å². The number of carbonyl (C=O) groups excluding carboxylic acids is 1. The van der Waals surface area contributed by atoms with E-state index in [2.05, 4.69) is 25.2 Å². The first kappa shape index (κ1) is 24.3. The lowest BCUT2D eigenvalue weighted by molar-refractivity contribution is 0.102. The lowest BCUT2D eigenvalue weighted by atomic mass is 9.92. The number of fused-ring (bicyclic) bond motifs is 6. The Morgan fingerprint density at radius 1 is 1.15 bits per heavy atom. The number of rotatable bonds is 4. The number of carbonyl (C=O) groups is 1. The SMILES string of the molecule is Cc1cc2nc(c1)NC(=O)c1ccc(NS(=O)(=O)CCO)cc1N1CCC[C@H](CCCCN2)C1. The predicted octanol–water partition coefficient (Wildman–Crippen LogP) is 3.19. The van der Waals surface area contributed by atoms with Gasteiger partial charge in [0.25, 0.3) is 5.91 Å². The number of aliphatic hydroxyl groups excluding tert-OH is 1. The van der Waals surface area contributed by atoms with E-state index in [4.69, 9.17) is 5.11 Å². The van der Waals surface area contributed by atoms with E-state index in [-0.39, 0.29) is 11.7 Å². The molecule has 1 amide bonds. The Labute approximate surface area is 201 Å². The van der Waals surface area contributed by atoms with Crippen LogP contribution in [0.1, 0.15) is 48.0 Å². The van der Waals surface area contributed by atoms with Gasteiger partial charge in [0, 0.05) is 19.6 Å². The molecule has 3 heterocycles. The minimum atomic E-state index is -3.68. The molecule has 0 radical (unpaired) electrons. The highest BCUT2D eigenvalue weighted by molar-refractivity contribution is 7.92. The number of hydrogen-bond donors (Lipinski definition) is 4. The number of sulfonamides is 1. The minimum absolute atomic E-state index is 0.291. The zero-order valence-corrected chi connectivity index (χ0v) is 20.3. The van der Waals surface area contributed by atoms with Crippen molar-refractivity contribution in [3.05, 3.63) is 41.5 Å². The average Bonchev–Trinajstić information content (AvgIpc) is 2.78. The molecule has 1 atom stereocenters. The molecule has 4 rings (SSSR count). The van der Waals surface area contributed by atoms with E-state index in [1.54, 1.807) is 18.2 Å². The summed E-state index contributed by atoms with van der Waals surface area (Å²) in [4.78, 5) is 20.1. The van der Waals surface area contributed by atoms with Crippen LogP contribution in [0, 0.1) is 12.8 Å². The molecule has 4 bridgehead atoms. The summed E-state index contributed by atoms with van der Waals surface area (Å²) >= 11 is 0. The number of anilines is 4. The van der Waals surface area contributed by atoms with Gasteiger partial charge >= 0.3 is 0 Å². The molecule has 34 heavy (non-hydrogen) atoms. The van der Waals surface area contributed by atoms with Crippen LogP contribution in [0.3, 0.4) is 0 Å². The molecule has 184 valence electrons. The fourth-order valence-corrected chi connectivity index (χ4v) is 5.53. The molecular formula is C24H33N5O4S. The van der Waals surface area contributed by atoms with Crippen molar-refractivity contribution in [1.29, 1.82) is 0 Å². The van der Waals surface area contributed by atoms with Crippen molar-refractivity contribution < 1.29 is 18.3 Å². The van der Waals surface area contributed by atoms with Gasteiger partial charge in [-0.05, 0) is 74.4 Å². The third kappa shape index (κ3) is 6.18. The van der Waals surface area contributed by atoms with Crippen molar-refractivity contribution >= 4 is 38.9 Å². The summed E-state index contributed by atoms with van der Waals surface area (Å²) in [6.45, 7) is 3.96. The van der Waals surface area contributed by atoms with Crippen LogP contribution in [0.5, 0.6) is 0 Å². The molecule has 10 heteroatoms. The molecule has 0 saturated carbocycles. The highest BCUT2D eigenvalue weighted by Crippen LogP contribution is 2.32. The van der Waals surface area contributed by atoms with Gasteiger partial charge in [-0.3, -0.25) is 9.52 Å². The Balaban J connectivity index is 1.71. The first-order valence-electron chi connectivity index (χ1n) is 11.9. The molecule has 2 aromatic rings. The molecule has 0 spiro atoms. The number of aliphatic hydroxyl groups is 1. The van der Waals surface area contributed by atoms with Crippen molar-refractivity contribution in [2.75, 3.05) is 52.2 Å². The number of nitrogens with one attached hydrogen (secondary N) is 3. The first-order valence-corrected chi connectivity index (χ1v) is 13.5. The molecule has 0 aliphatic carbocycles. The van der Waals surface area contributed by atoms with Crippen LogP contribution in [-0.4, -0.2) is 56.4 Å². The number of hydrogen-bond acceptors (Lipinski definition) is 7. The van der Waals surface area contributed by atoms with E-state index in [1.807, 2.05) is 19.1 Å². The molecule has 0 unspecified atom stereocenters. The maximum absolute atomic E-state index is 13.4. The van der Waals surface area contributed by atoms with Gasteiger partial charge in [0.05, 0.1) is 29.3 Å². The fourth-order valence-electron chi connectivity index (χ4n) is 4.70. The van der Waals surface area contributed by atoms with Crippen molar-refractivity contribution in [2.24, 2.45) is 5.92 Å². The fraction of sp³-hybridized carbons (Fsp3) is 0.500. The Hall–Kier alpha value is -2.85. The summed E-state index contributed by atoms with van der Waals surface area (Å²) in [5, 5.41) is 15.3. The molecule has 1 fully saturated rings. The Kier molecular flexibility index (Phi) is 7.57. The second kappa shape index (κ2) is 10.6. The van der Waals surface area contributed by atoms with Crippen molar-refractivity contribution in [1.82, 2.24) is 4.98 Å². The molecular weight excluding hydrogens is 454 g/mol. The van der Waals surface area contributed by atoms with Crippen LogP contribution in [0.2, 0.25) is 0 Å². The van der Waals surface area contributed by atoms with Gasteiger partial charge in [-0.25, -0.2) is 13.4 Å². The van der Waals surface area contributed by atoms with Gasteiger partial charge in [-0.2, -0.15) is 0 Å². The summed E-state index contributed by atoms with van der Waals surface area (Å²) in [7, 11) is -3.68. The lowest BCUT2D eigenvalue weighted by Crippen LogP contribution is -2.36. The highest BCUT2D eigenvalue weighted by Gasteiger charge is 2.25. The summed E-state index contributed by atoms with van der Waals surface area (Å²) < 4.78 is 26.9. The number of aromatic nitrogens is 1. The van der Waals surface area contributed by atoms with Crippen molar-refractivity contribution in [3.63, 3.8) is 0 Å². The Morgan fingerprint density at radius 3 is 2.76 bits per heavy atom. The third-order valence-corrected chi connectivity index (χ3v) is 7.56. The zero-order valence-electron chi connectivity index (χ0n) is 19.5. The third-order valence-electron chi connectivity index (χ3n) is 6.29. The van der Waals surface area contributed by atoms with E-state index in [1.165, 1.54) is 0 Å². The molecule has 1 aromatic carbocycles. The maximum Gasteiger partial charge on any atom is 0.258 e. The second-order valence-electron chi connectivity index (χ2n) is 9.12. The monoisotopic (exact) mass is 487 g/mol. The summed E-state index contributed by atoms with van der Waals surface area (Å²) in [6, 6.07) is 8.75. The summed E-state index contributed by atoms with van der Waals surface area (Å²) in [5.41, 5.74) is 2.54. The van der Waals surface area contributed by atoms with Crippen molar-refractivity contribution in [2.45, 2.75) is 39.0 Å². The van der Waals surface area contributed by atoms with E-state index < -0.39 is 16.6 Å². The topological polar surface area (TPSA) is 124 Å². The predicted molar refractivity (Wildman–Crippen MR) is 135 cm³/mol. The van der Waals surface area contributed by atoms with Gasteiger partial charge in [0.15, 0.2) is 0 Å². The van der Waals surface area contributed by atoms with E-state index in [0.717, 1.165) is 63.1 Å². The molecule has 9 nitrogen and oxygen atoms in total. The first-order chi connectivity index (χ1) is 16.3. The molecule has 1 aromatic heterocycles. The van der Waals surface area contributed by atoms with Crippen LogP contribution in [0.25, 0.3) is 0 Å². The number of aryl methyl sites for hydroxylation is 1. The Bertz CT molecular complexity index is 1140. The van der Waals surface area contributed by atoms with Gasteiger partial charge < -0.3 is 20.6 Å². The van der Waals surface area contributed by atoms with Crippen molar-refractivity contribution in [3.8, 4) is 0 Å². The molecule has 1 saturated heterocycles. The smallest absolute Gasteiger partial charge is 0.258 e. The van der Waals surface area contributed by atoms with E-state index >= 15 is 0 Å². The van der Waals surface area contributed by atoms with Crippen LogP contribution in [0.15, 0.2) is 30.3 Å². The van der Waals surface area contributed by atoms with Gasteiger partial charge in [0.1, 0.15) is 11.6 Å². The molecule has 4 N–H and O–H groups in total. The number of nitrogens with zero attached hydrogens (tertiary/aromatic N) is 2. The quantitative estimate of drug-likeness (QED) is 0.522. The normalized spacial score (nSPS) is 19.2. The number of benzene rings is 1. The second-order valence-corrected chi connectivity index (χ2v) is 11.0. The largest absolute Gasteiger partial charge is 0.395 e. The zero-order chi connectivity index (χ0) is 24.1.